The number of hydrogen-bond acceptors (Lipinski definition) is 6. The van der Waals surface area contributed by atoms with Gasteiger partial charge in [-0.05, 0) is 26.7 Å². The van der Waals surface area contributed by atoms with Gasteiger partial charge in [-0.3, -0.25) is 9.59 Å². The lowest BCUT2D eigenvalue weighted by molar-refractivity contribution is -0.142. The molecule has 0 aliphatic heterocycles. The number of hydrogen-bond donors (Lipinski definition) is 1. The van der Waals surface area contributed by atoms with E-state index in [0.717, 1.165) is 11.8 Å². The number of fused-ring (bicyclic) bond motifs is 1. The lowest BCUT2D eigenvalue weighted by Crippen LogP contribution is -2.27. The van der Waals surface area contributed by atoms with Crippen LogP contribution >= 0.6 is 11.8 Å². The molecular formula is C16H20F2N4O3S. The predicted molar refractivity (Wildman–Crippen MR) is 92.6 cm³/mol. The Morgan fingerprint density at radius 1 is 1.50 bits per heavy atom. The van der Waals surface area contributed by atoms with Gasteiger partial charge in [0.15, 0.2) is 10.8 Å². The van der Waals surface area contributed by atoms with Gasteiger partial charge in [-0.2, -0.15) is 5.10 Å². The molecule has 142 valence electrons. The monoisotopic (exact) mass is 386 g/mol. The molecule has 1 saturated carbocycles. The highest BCUT2D eigenvalue weighted by Crippen LogP contribution is 2.38. The summed E-state index contributed by atoms with van der Waals surface area (Å²) in [6.45, 7) is 3.65. The van der Waals surface area contributed by atoms with Crippen molar-refractivity contribution in [1.29, 1.82) is 0 Å². The molecule has 1 atom stereocenters. The Hall–Kier alpha value is -1.97. The predicted octanol–water partition coefficient (Wildman–Crippen LogP) is 2.91. The van der Waals surface area contributed by atoms with Crippen LogP contribution in [0.2, 0.25) is 0 Å². The van der Waals surface area contributed by atoms with Crippen LogP contribution in [0.5, 0.6) is 0 Å². The van der Waals surface area contributed by atoms with E-state index in [1.165, 1.54) is 6.20 Å². The summed E-state index contributed by atoms with van der Waals surface area (Å²) in [5.41, 5.74) is -0.0246. The Morgan fingerprint density at radius 3 is 2.85 bits per heavy atom. The number of carbonyl (C=O) groups is 1. The highest BCUT2D eigenvalue weighted by molar-refractivity contribution is 8.00. The lowest BCUT2D eigenvalue weighted by atomic mass is 9.92. The van der Waals surface area contributed by atoms with Gasteiger partial charge in [-0.1, -0.05) is 11.8 Å². The molecule has 26 heavy (non-hydrogen) atoms. The van der Waals surface area contributed by atoms with Crippen LogP contribution in [0.3, 0.4) is 0 Å². The summed E-state index contributed by atoms with van der Waals surface area (Å²) in [4.78, 5) is 31.1. The number of ether oxygens (including phenoxy) is 1. The van der Waals surface area contributed by atoms with E-state index in [1.807, 2.05) is 0 Å². The van der Waals surface area contributed by atoms with Crippen molar-refractivity contribution in [2.24, 2.45) is 0 Å². The van der Waals surface area contributed by atoms with Gasteiger partial charge < -0.3 is 9.72 Å². The molecule has 1 unspecified atom stereocenters. The molecule has 1 N–H and O–H groups in total. The van der Waals surface area contributed by atoms with E-state index in [0.29, 0.717) is 11.0 Å². The number of thioether (sulfide) groups is 1. The van der Waals surface area contributed by atoms with E-state index < -0.39 is 17.1 Å². The molecule has 0 aromatic carbocycles. The fourth-order valence-corrected chi connectivity index (χ4v) is 3.77. The Kier molecular flexibility index (Phi) is 5.31. The van der Waals surface area contributed by atoms with Crippen molar-refractivity contribution in [3.63, 3.8) is 0 Å². The molecule has 0 spiro atoms. The summed E-state index contributed by atoms with van der Waals surface area (Å²) in [7, 11) is 0. The molecule has 0 radical (unpaired) electrons. The summed E-state index contributed by atoms with van der Waals surface area (Å²) < 4.78 is 33.3. The number of aromatic amines is 1. The molecule has 2 heterocycles. The Labute approximate surface area is 152 Å². The van der Waals surface area contributed by atoms with E-state index in [4.69, 9.17) is 4.74 Å². The first kappa shape index (κ1) is 18.8. The van der Waals surface area contributed by atoms with E-state index in [9.17, 15) is 18.4 Å². The first-order chi connectivity index (χ1) is 12.3. The van der Waals surface area contributed by atoms with Crippen LogP contribution in [0.25, 0.3) is 11.0 Å². The van der Waals surface area contributed by atoms with Crippen LogP contribution in [0.4, 0.5) is 8.78 Å². The lowest BCUT2D eigenvalue weighted by Gasteiger charge is -2.28. The molecule has 1 fully saturated rings. The van der Waals surface area contributed by atoms with Gasteiger partial charge in [-0.15, -0.1) is 0 Å². The topological polar surface area (TPSA) is 89.9 Å². The van der Waals surface area contributed by atoms with Gasteiger partial charge in [0, 0.05) is 12.8 Å². The van der Waals surface area contributed by atoms with Gasteiger partial charge in [0.2, 0.25) is 5.92 Å². The largest absolute Gasteiger partial charge is 0.465 e. The van der Waals surface area contributed by atoms with Gasteiger partial charge >= 0.3 is 5.97 Å². The minimum absolute atomic E-state index is 0.205. The van der Waals surface area contributed by atoms with Crippen molar-refractivity contribution in [2.75, 3.05) is 6.61 Å². The van der Waals surface area contributed by atoms with E-state index in [1.54, 1.807) is 18.5 Å². The fraction of sp³-hybridized carbons (Fsp3) is 0.625. The van der Waals surface area contributed by atoms with Crippen molar-refractivity contribution in [3.05, 3.63) is 16.6 Å². The maximum atomic E-state index is 13.4. The van der Waals surface area contributed by atoms with Crippen LogP contribution in [-0.4, -0.2) is 43.5 Å². The van der Waals surface area contributed by atoms with Crippen molar-refractivity contribution < 1.29 is 18.3 Å². The van der Waals surface area contributed by atoms with E-state index in [2.05, 4.69) is 15.1 Å². The molecule has 10 heteroatoms. The van der Waals surface area contributed by atoms with Gasteiger partial charge in [0.1, 0.15) is 10.6 Å². The van der Waals surface area contributed by atoms with Crippen LogP contribution < -0.4 is 5.56 Å². The smallest absolute Gasteiger partial charge is 0.319 e. The minimum atomic E-state index is -2.64. The number of nitrogens with zero attached hydrogens (tertiary/aromatic N) is 3. The molecule has 2 aromatic rings. The second kappa shape index (κ2) is 7.34. The molecule has 0 saturated heterocycles. The van der Waals surface area contributed by atoms with Crippen molar-refractivity contribution >= 4 is 28.8 Å². The number of nitrogens with one attached hydrogen (secondary N) is 1. The maximum absolute atomic E-state index is 13.4. The highest BCUT2D eigenvalue weighted by Gasteiger charge is 2.36. The number of carbonyl (C=O) groups excluding carboxylic acids is 1. The first-order valence-electron chi connectivity index (χ1n) is 8.49. The quantitative estimate of drug-likeness (QED) is 0.483. The van der Waals surface area contributed by atoms with Crippen LogP contribution in [0.15, 0.2) is 16.1 Å². The number of alkyl halides is 2. The molecule has 0 bridgehead atoms. The van der Waals surface area contributed by atoms with E-state index in [-0.39, 0.29) is 49.0 Å². The number of rotatable bonds is 5. The van der Waals surface area contributed by atoms with Crippen molar-refractivity contribution in [2.45, 2.75) is 61.9 Å². The highest BCUT2D eigenvalue weighted by atomic mass is 32.2. The summed E-state index contributed by atoms with van der Waals surface area (Å²) in [6, 6.07) is -0.221. The zero-order chi connectivity index (χ0) is 18.9. The molecular weight excluding hydrogens is 366 g/mol. The zero-order valence-corrected chi connectivity index (χ0v) is 15.3. The van der Waals surface area contributed by atoms with Crippen LogP contribution in [0, 0.1) is 0 Å². The molecule has 2 aromatic heterocycles. The van der Waals surface area contributed by atoms with Gasteiger partial charge in [0.05, 0.1) is 18.8 Å². The summed E-state index contributed by atoms with van der Waals surface area (Å²) in [6.07, 6.45) is 1.55. The number of H-pyrrole nitrogens is 1. The number of esters is 1. The van der Waals surface area contributed by atoms with Crippen LogP contribution in [-0.2, 0) is 9.53 Å². The third-order valence-corrected chi connectivity index (χ3v) is 5.34. The molecule has 1 aliphatic rings. The second-order valence-corrected chi connectivity index (χ2v) is 7.63. The first-order valence-corrected chi connectivity index (χ1v) is 9.37. The number of halogens is 2. The Morgan fingerprint density at radius 2 is 2.19 bits per heavy atom. The normalized spacial score (nSPS) is 18.8. The number of aromatic nitrogens is 4. The molecule has 7 nitrogen and oxygen atoms in total. The third-order valence-electron chi connectivity index (χ3n) is 4.38. The van der Waals surface area contributed by atoms with Gasteiger partial charge in [-0.25, -0.2) is 18.4 Å². The Bertz CT molecular complexity index is 857. The maximum Gasteiger partial charge on any atom is 0.319 e. The van der Waals surface area contributed by atoms with Gasteiger partial charge in [0.25, 0.3) is 5.56 Å². The van der Waals surface area contributed by atoms with Crippen LogP contribution in [0.1, 0.15) is 45.6 Å². The molecule has 1 aliphatic carbocycles. The van der Waals surface area contributed by atoms with E-state index >= 15 is 0 Å². The average molecular weight is 386 g/mol. The minimum Gasteiger partial charge on any atom is -0.465 e. The summed E-state index contributed by atoms with van der Waals surface area (Å²) >= 11 is 1.08. The third kappa shape index (κ3) is 3.89. The Balaban J connectivity index is 1.87. The zero-order valence-electron chi connectivity index (χ0n) is 14.5. The van der Waals surface area contributed by atoms with Crippen molar-refractivity contribution in [3.8, 4) is 0 Å². The SMILES string of the molecule is CCOC(=O)C(C)Sc1nc2c(cnn2C2CCC(F)(F)CC2)c(=O)[nH]1. The van der Waals surface area contributed by atoms with Crippen molar-refractivity contribution in [1.82, 2.24) is 19.7 Å². The average Bonchev–Trinajstić information content (AvgIpc) is 2.99. The molecule has 0 amide bonds. The summed E-state index contributed by atoms with van der Waals surface area (Å²) in [5.74, 6) is -3.04. The second-order valence-electron chi connectivity index (χ2n) is 6.30. The standard InChI is InChI=1S/C16H20F2N4O3S/c1-3-25-14(24)9(2)26-15-20-12-11(13(23)21-15)8-19-22(12)10-4-6-16(17,18)7-5-10/h8-10H,3-7H2,1-2H3,(H,20,21,23). The fourth-order valence-electron chi connectivity index (χ4n) is 2.98. The summed E-state index contributed by atoms with van der Waals surface area (Å²) in [5, 5.41) is 4.23. The molecule has 3 rings (SSSR count).